The van der Waals surface area contributed by atoms with Gasteiger partial charge in [-0.2, -0.15) is 0 Å². The van der Waals surface area contributed by atoms with Gasteiger partial charge in [0.25, 0.3) is 0 Å². The molecule has 1 aliphatic carbocycles. The summed E-state index contributed by atoms with van der Waals surface area (Å²) in [5.74, 6) is 1.74. The lowest BCUT2D eigenvalue weighted by atomic mass is 9.87. The van der Waals surface area contributed by atoms with Crippen LogP contribution in [0.25, 0.3) is 0 Å². The Labute approximate surface area is 132 Å². The van der Waals surface area contributed by atoms with E-state index >= 15 is 0 Å². The number of carbonyl (C=O) groups excluding carboxylic acids is 1. The summed E-state index contributed by atoms with van der Waals surface area (Å²) in [5, 5.41) is 6.09. The van der Waals surface area contributed by atoms with E-state index in [1.807, 2.05) is 6.07 Å². The van der Waals surface area contributed by atoms with Gasteiger partial charge in [-0.1, -0.05) is 31.9 Å². The van der Waals surface area contributed by atoms with Crippen LogP contribution in [0.1, 0.15) is 43.7 Å². The molecule has 0 radical (unpaired) electrons. The van der Waals surface area contributed by atoms with E-state index in [9.17, 15) is 4.79 Å². The first kappa shape index (κ1) is 15.2. The second-order valence-electron chi connectivity index (χ2n) is 6.66. The van der Waals surface area contributed by atoms with Gasteiger partial charge in [-0.3, -0.25) is 0 Å². The molecule has 1 saturated carbocycles. The highest BCUT2D eigenvalue weighted by Gasteiger charge is 2.20. The van der Waals surface area contributed by atoms with Crippen molar-refractivity contribution in [3.8, 4) is 5.75 Å². The second kappa shape index (κ2) is 7.03. The molecule has 1 fully saturated rings. The fraction of sp³-hybridized carbons (Fsp3) is 0.611. The first-order valence-corrected chi connectivity index (χ1v) is 8.49. The Balaban J connectivity index is 1.40. The van der Waals surface area contributed by atoms with Gasteiger partial charge in [0.15, 0.2) is 0 Å². The lowest BCUT2D eigenvalue weighted by Crippen LogP contribution is -2.44. The summed E-state index contributed by atoms with van der Waals surface area (Å²) >= 11 is 0. The summed E-state index contributed by atoms with van der Waals surface area (Å²) in [6, 6.07) is 6.66. The molecule has 0 bridgehead atoms. The van der Waals surface area contributed by atoms with E-state index in [-0.39, 0.29) is 6.03 Å². The van der Waals surface area contributed by atoms with Crippen molar-refractivity contribution in [1.29, 1.82) is 0 Å². The molecule has 4 nitrogen and oxygen atoms in total. The molecule has 1 aromatic rings. The van der Waals surface area contributed by atoms with Gasteiger partial charge in [0.1, 0.15) is 5.75 Å². The summed E-state index contributed by atoms with van der Waals surface area (Å²) in [5.41, 5.74) is 2.55. The number of nitrogens with one attached hydrogen (secondary N) is 2. The third kappa shape index (κ3) is 3.93. The Hall–Kier alpha value is -1.71. The molecular formula is C18H26N2O2. The first-order chi connectivity index (χ1) is 10.7. The van der Waals surface area contributed by atoms with Crippen LogP contribution in [0, 0.1) is 5.92 Å². The molecule has 2 amide bonds. The molecular weight excluding hydrogens is 276 g/mol. The fourth-order valence-electron chi connectivity index (χ4n) is 3.52. The normalized spacial score (nSPS) is 23.5. The molecule has 2 aliphatic rings. The van der Waals surface area contributed by atoms with Crippen LogP contribution in [-0.4, -0.2) is 25.2 Å². The number of carbonyl (C=O) groups is 1. The minimum atomic E-state index is -0.0245. The van der Waals surface area contributed by atoms with Crippen molar-refractivity contribution >= 4 is 6.03 Å². The Morgan fingerprint density at radius 1 is 1.36 bits per heavy atom. The van der Waals surface area contributed by atoms with Crippen LogP contribution < -0.4 is 15.4 Å². The summed E-state index contributed by atoms with van der Waals surface area (Å²) in [6.07, 6.45) is 6.60. The lowest BCUT2D eigenvalue weighted by molar-refractivity contribution is 0.227. The van der Waals surface area contributed by atoms with Crippen LogP contribution in [0.2, 0.25) is 0 Å². The van der Waals surface area contributed by atoms with Gasteiger partial charge < -0.3 is 15.4 Å². The average Bonchev–Trinajstić information content (AvgIpc) is 2.95. The van der Waals surface area contributed by atoms with Gasteiger partial charge in [-0.15, -0.1) is 0 Å². The predicted molar refractivity (Wildman–Crippen MR) is 87.3 cm³/mol. The Morgan fingerprint density at radius 3 is 3.14 bits per heavy atom. The minimum absolute atomic E-state index is 0.0245. The van der Waals surface area contributed by atoms with Gasteiger partial charge in [-0.05, 0) is 42.4 Å². The third-order valence-corrected chi connectivity index (χ3v) is 4.72. The smallest absolute Gasteiger partial charge is 0.315 e. The summed E-state index contributed by atoms with van der Waals surface area (Å²) in [7, 11) is 0. The Kier molecular flexibility index (Phi) is 4.86. The summed E-state index contributed by atoms with van der Waals surface area (Å²) < 4.78 is 5.51. The first-order valence-electron chi connectivity index (χ1n) is 8.49. The van der Waals surface area contributed by atoms with Crippen molar-refractivity contribution in [2.24, 2.45) is 5.92 Å². The fourth-order valence-corrected chi connectivity index (χ4v) is 3.52. The van der Waals surface area contributed by atoms with E-state index in [1.54, 1.807) is 0 Å². The number of amides is 2. The standard InChI is InChI=1S/C18H26N2O2/c1-13-3-2-4-16(11-13)20-18(21)19-9-7-14-5-6-17-15(12-14)8-10-22-17/h5-6,12-13,16H,2-4,7-11H2,1H3,(H2,19,20,21). The molecule has 4 heteroatoms. The van der Waals surface area contributed by atoms with E-state index in [0.717, 1.165) is 44.0 Å². The molecule has 3 rings (SSSR count). The van der Waals surface area contributed by atoms with Crippen molar-refractivity contribution in [2.75, 3.05) is 13.2 Å². The molecule has 1 heterocycles. The van der Waals surface area contributed by atoms with E-state index in [1.165, 1.54) is 24.0 Å². The van der Waals surface area contributed by atoms with Gasteiger partial charge in [0.2, 0.25) is 0 Å². The quantitative estimate of drug-likeness (QED) is 0.898. The molecule has 1 aromatic carbocycles. The molecule has 2 N–H and O–H groups in total. The highest BCUT2D eigenvalue weighted by atomic mass is 16.5. The van der Waals surface area contributed by atoms with Gasteiger partial charge in [-0.25, -0.2) is 4.79 Å². The Morgan fingerprint density at radius 2 is 2.27 bits per heavy atom. The maximum atomic E-state index is 12.0. The predicted octanol–water partition coefficient (Wildman–Crippen LogP) is 3.04. The largest absolute Gasteiger partial charge is 0.493 e. The number of hydrogen-bond donors (Lipinski definition) is 2. The monoisotopic (exact) mass is 302 g/mol. The van der Waals surface area contributed by atoms with Crippen molar-refractivity contribution in [2.45, 2.75) is 51.5 Å². The van der Waals surface area contributed by atoms with Gasteiger partial charge in [0, 0.05) is 19.0 Å². The van der Waals surface area contributed by atoms with E-state index in [4.69, 9.17) is 4.74 Å². The minimum Gasteiger partial charge on any atom is -0.493 e. The summed E-state index contributed by atoms with van der Waals surface area (Å²) in [4.78, 5) is 12.0. The molecule has 22 heavy (non-hydrogen) atoms. The number of hydrogen-bond acceptors (Lipinski definition) is 2. The zero-order valence-corrected chi connectivity index (χ0v) is 13.4. The molecule has 1 aliphatic heterocycles. The summed E-state index contributed by atoms with van der Waals surface area (Å²) in [6.45, 7) is 3.73. The second-order valence-corrected chi connectivity index (χ2v) is 6.66. The number of benzene rings is 1. The number of urea groups is 1. The topological polar surface area (TPSA) is 50.4 Å². The molecule has 0 saturated heterocycles. The highest BCUT2D eigenvalue weighted by molar-refractivity contribution is 5.74. The van der Waals surface area contributed by atoms with Crippen LogP contribution in [-0.2, 0) is 12.8 Å². The van der Waals surface area contributed by atoms with Crippen LogP contribution in [0.5, 0.6) is 5.75 Å². The number of fused-ring (bicyclic) bond motifs is 1. The number of rotatable bonds is 4. The van der Waals surface area contributed by atoms with Gasteiger partial charge >= 0.3 is 6.03 Å². The Bertz CT molecular complexity index is 530. The van der Waals surface area contributed by atoms with Crippen LogP contribution in [0.3, 0.4) is 0 Å². The maximum absolute atomic E-state index is 12.0. The van der Waals surface area contributed by atoms with Crippen molar-refractivity contribution in [3.63, 3.8) is 0 Å². The molecule has 2 unspecified atom stereocenters. The van der Waals surface area contributed by atoms with Crippen molar-refractivity contribution < 1.29 is 9.53 Å². The van der Waals surface area contributed by atoms with E-state index in [2.05, 4.69) is 29.7 Å². The van der Waals surface area contributed by atoms with Gasteiger partial charge in [0.05, 0.1) is 6.61 Å². The molecule has 0 aromatic heterocycles. The van der Waals surface area contributed by atoms with E-state index in [0.29, 0.717) is 12.6 Å². The zero-order chi connectivity index (χ0) is 15.4. The average molecular weight is 302 g/mol. The van der Waals surface area contributed by atoms with Crippen molar-refractivity contribution in [1.82, 2.24) is 10.6 Å². The molecule has 0 spiro atoms. The SMILES string of the molecule is CC1CCCC(NC(=O)NCCc2ccc3c(c2)CCO3)C1. The van der Waals surface area contributed by atoms with E-state index < -0.39 is 0 Å². The highest BCUT2D eigenvalue weighted by Crippen LogP contribution is 2.26. The number of ether oxygens (including phenoxy) is 1. The van der Waals surface area contributed by atoms with Crippen molar-refractivity contribution in [3.05, 3.63) is 29.3 Å². The third-order valence-electron chi connectivity index (χ3n) is 4.72. The lowest BCUT2D eigenvalue weighted by Gasteiger charge is -2.27. The van der Waals surface area contributed by atoms with Crippen LogP contribution in [0.15, 0.2) is 18.2 Å². The molecule has 120 valence electrons. The molecule has 2 atom stereocenters. The van der Waals surface area contributed by atoms with Crippen LogP contribution in [0.4, 0.5) is 4.79 Å². The zero-order valence-electron chi connectivity index (χ0n) is 13.4. The maximum Gasteiger partial charge on any atom is 0.315 e. The van der Waals surface area contributed by atoms with Crippen LogP contribution >= 0.6 is 0 Å².